The zero-order valence-electron chi connectivity index (χ0n) is 12.0. The number of hydrogen-bond donors (Lipinski definition) is 0. The number of benzene rings is 1. The molecule has 2 amide bonds. The van der Waals surface area contributed by atoms with E-state index in [-0.39, 0.29) is 17.5 Å². The van der Waals surface area contributed by atoms with Crippen molar-refractivity contribution in [2.45, 2.75) is 13.3 Å². The molecule has 1 saturated carbocycles. The normalized spacial score (nSPS) is 25.7. The van der Waals surface area contributed by atoms with Crippen LogP contribution in [0, 0.1) is 11.3 Å². The van der Waals surface area contributed by atoms with E-state index >= 15 is 0 Å². The number of hydroxylamine groups is 2. The van der Waals surface area contributed by atoms with Crippen LogP contribution in [0.3, 0.4) is 0 Å². The van der Waals surface area contributed by atoms with E-state index in [9.17, 15) is 19.2 Å². The second-order valence-electron chi connectivity index (χ2n) is 5.53. The van der Waals surface area contributed by atoms with Gasteiger partial charge in [0.15, 0.2) is 0 Å². The van der Waals surface area contributed by atoms with Crippen LogP contribution in [0.15, 0.2) is 24.3 Å². The molecule has 2 aliphatic rings. The van der Waals surface area contributed by atoms with Crippen molar-refractivity contribution >= 4 is 23.8 Å². The van der Waals surface area contributed by atoms with Crippen molar-refractivity contribution in [2.75, 3.05) is 7.11 Å². The zero-order valence-corrected chi connectivity index (χ0v) is 12.0. The summed E-state index contributed by atoms with van der Waals surface area (Å²) in [5.74, 6) is -3.29. The highest BCUT2D eigenvalue weighted by atomic mass is 16.7. The lowest BCUT2D eigenvalue weighted by atomic mass is 10.1. The number of fused-ring (bicyclic) bond motifs is 1. The fourth-order valence-corrected chi connectivity index (χ4v) is 2.51. The van der Waals surface area contributed by atoms with Gasteiger partial charge >= 0.3 is 11.9 Å². The summed E-state index contributed by atoms with van der Waals surface area (Å²) in [5.41, 5.74) is -0.695. The molecule has 1 aromatic rings. The highest BCUT2D eigenvalue weighted by molar-refractivity contribution is 6.21. The summed E-state index contributed by atoms with van der Waals surface area (Å²) in [6, 6.07) is 6.20. The monoisotopic (exact) mass is 303 g/mol. The molecule has 0 spiro atoms. The van der Waals surface area contributed by atoms with Crippen LogP contribution < -0.4 is 0 Å². The molecule has 114 valence electrons. The van der Waals surface area contributed by atoms with Gasteiger partial charge in [-0.05, 0) is 25.5 Å². The second-order valence-corrected chi connectivity index (χ2v) is 5.53. The van der Waals surface area contributed by atoms with E-state index in [0.29, 0.717) is 5.06 Å². The number of amides is 2. The van der Waals surface area contributed by atoms with Crippen LogP contribution in [-0.4, -0.2) is 35.9 Å². The molecule has 1 fully saturated rings. The Morgan fingerprint density at radius 3 is 2.23 bits per heavy atom. The van der Waals surface area contributed by atoms with Crippen molar-refractivity contribution in [3.63, 3.8) is 0 Å². The molecule has 1 heterocycles. The smallest absolute Gasteiger partial charge is 0.339 e. The fraction of sp³-hybridized carbons (Fsp3) is 0.333. The van der Waals surface area contributed by atoms with Crippen LogP contribution >= 0.6 is 0 Å². The Morgan fingerprint density at radius 1 is 1.18 bits per heavy atom. The maximum Gasteiger partial charge on any atom is 0.339 e. The Balaban J connectivity index is 1.76. The summed E-state index contributed by atoms with van der Waals surface area (Å²) >= 11 is 0. The number of ether oxygens (including phenoxy) is 1. The highest BCUT2D eigenvalue weighted by Gasteiger charge is 2.63. The summed E-state index contributed by atoms with van der Waals surface area (Å²) < 4.78 is 4.59. The average molecular weight is 303 g/mol. The van der Waals surface area contributed by atoms with E-state index < -0.39 is 35.1 Å². The largest absolute Gasteiger partial charge is 0.469 e. The lowest BCUT2D eigenvalue weighted by molar-refractivity contribution is -0.176. The van der Waals surface area contributed by atoms with Crippen LogP contribution in [0.2, 0.25) is 0 Å². The molecule has 0 radical (unpaired) electrons. The van der Waals surface area contributed by atoms with Gasteiger partial charge in [-0.15, -0.1) is 0 Å². The number of nitrogens with zero attached hydrogens (tertiary/aromatic N) is 1. The van der Waals surface area contributed by atoms with Gasteiger partial charge in [-0.25, -0.2) is 4.79 Å². The second kappa shape index (κ2) is 4.66. The predicted molar refractivity (Wildman–Crippen MR) is 71.3 cm³/mol. The van der Waals surface area contributed by atoms with Crippen LogP contribution in [0.1, 0.15) is 34.1 Å². The fourth-order valence-electron chi connectivity index (χ4n) is 2.51. The maximum atomic E-state index is 12.2. The third-order valence-electron chi connectivity index (χ3n) is 4.12. The number of imide groups is 1. The number of rotatable bonds is 3. The van der Waals surface area contributed by atoms with Gasteiger partial charge in [0.2, 0.25) is 0 Å². The first-order valence-electron chi connectivity index (χ1n) is 6.68. The van der Waals surface area contributed by atoms with Crippen molar-refractivity contribution in [1.82, 2.24) is 5.06 Å². The first kappa shape index (κ1) is 14.2. The molecule has 0 bridgehead atoms. The number of methoxy groups -OCH3 is 1. The minimum atomic E-state index is -1.07. The number of hydrogen-bond acceptors (Lipinski definition) is 6. The molecule has 0 aromatic heterocycles. The van der Waals surface area contributed by atoms with Gasteiger partial charge in [-0.2, -0.15) is 0 Å². The van der Waals surface area contributed by atoms with Gasteiger partial charge in [0.1, 0.15) is 0 Å². The van der Waals surface area contributed by atoms with E-state index in [4.69, 9.17) is 4.84 Å². The van der Waals surface area contributed by atoms with Gasteiger partial charge in [0.05, 0.1) is 29.6 Å². The molecule has 0 unspecified atom stereocenters. The molecule has 7 nitrogen and oxygen atoms in total. The first-order chi connectivity index (χ1) is 10.4. The molecule has 7 heteroatoms. The summed E-state index contributed by atoms with van der Waals surface area (Å²) in [6.07, 6.45) is 0.266. The first-order valence-corrected chi connectivity index (χ1v) is 6.68. The van der Waals surface area contributed by atoms with Gasteiger partial charge in [-0.1, -0.05) is 17.2 Å². The van der Waals surface area contributed by atoms with Crippen LogP contribution in [0.4, 0.5) is 0 Å². The molecule has 1 aromatic carbocycles. The molecular formula is C15H13NO6. The summed E-state index contributed by atoms with van der Waals surface area (Å²) in [5, 5.41) is 0.449. The Morgan fingerprint density at radius 2 is 1.73 bits per heavy atom. The number of carbonyl (C=O) groups excluding carboxylic acids is 4. The van der Waals surface area contributed by atoms with Crippen molar-refractivity contribution in [3.05, 3.63) is 35.4 Å². The Labute approximate surface area is 125 Å². The van der Waals surface area contributed by atoms with E-state index in [1.807, 2.05) is 0 Å². The van der Waals surface area contributed by atoms with Crippen molar-refractivity contribution in [2.24, 2.45) is 11.3 Å². The standard InChI is InChI=1S/C15H13NO6/c1-15(7-10(15)13(19)21-2)14(20)22-16-11(17)8-5-3-4-6-9(8)12(16)18/h3-6,10H,7H2,1-2H3/t10-,15-/m0/s1. The van der Waals surface area contributed by atoms with Crippen LogP contribution in [0.5, 0.6) is 0 Å². The van der Waals surface area contributed by atoms with Gasteiger partial charge in [0.25, 0.3) is 11.8 Å². The summed E-state index contributed by atoms with van der Waals surface area (Å²) in [6.45, 7) is 1.54. The van der Waals surface area contributed by atoms with Crippen molar-refractivity contribution < 1.29 is 28.8 Å². The molecule has 22 heavy (non-hydrogen) atoms. The Hall–Kier alpha value is -2.70. The molecule has 0 saturated heterocycles. The van der Waals surface area contributed by atoms with E-state index in [0.717, 1.165) is 0 Å². The van der Waals surface area contributed by atoms with E-state index in [1.165, 1.54) is 26.2 Å². The highest BCUT2D eigenvalue weighted by Crippen LogP contribution is 2.53. The Kier molecular flexibility index (Phi) is 3.01. The van der Waals surface area contributed by atoms with Crippen LogP contribution in [0.25, 0.3) is 0 Å². The molecule has 1 aliphatic heterocycles. The molecule has 3 rings (SSSR count). The van der Waals surface area contributed by atoms with E-state index in [2.05, 4.69) is 4.74 Å². The maximum absolute atomic E-state index is 12.2. The topological polar surface area (TPSA) is 90.0 Å². The van der Waals surface area contributed by atoms with Crippen LogP contribution in [-0.2, 0) is 19.2 Å². The predicted octanol–water partition coefficient (Wildman–Crippen LogP) is 0.940. The minimum absolute atomic E-state index is 0.186. The lowest BCUT2D eigenvalue weighted by Crippen LogP contribution is -2.36. The SMILES string of the molecule is COC(=O)[C@@H]1C[C@]1(C)C(=O)ON1C(=O)c2ccccc2C1=O. The minimum Gasteiger partial charge on any atom is -0.469 e. The number of carbonyl (C=O) groups is 4. The van der Waals surface area contributed by atoms with Crippen molar-refractivity contribution in [3.8, 4) is 0 Å². The molecule has 2 atom stereocenters. The van der Waals surface area contributed by atoms with Crippen molar-refractivity contribution in [1.29, 1.82) is 0 Å². The van der Waals surface area contributed by atoms with Gasteiger partial charge in [-0.3, -0.25) is 14.4 Å². The number of esters is 1. The molecule has 1 aliphatic carbocycles. The summed E-state index contributed by atoms with van der Waals surface area (Å²) in [4.78, 5) is 52.8. The van der Waals surface area contributed by atoms with E-state index in [1.54, 1.807) is 12.1 Å². The van der Waals surface area contributed by atoms with Gasteiger partial charge < -0.3 is 9.57 Å². The third-order valence-corrected chi connectivity index (χ3v) is 4.12. The zero-order chi connectivity index (χ0) is 16.1. The lowest BCUT2D eigenvalue weighted by Gasteiger charge is -2.16. The van der Waals surface area contributed by atoms with Gasteiger partial charge in [0, 0.05) is 0 Å². The average Bonchev–Trinajstić information content (AvgIpc) is 3.17. The summed E-state index contributed by atoms with van der Waals surface area (Å²) in [7, 11) is 1.23. The quantitative estimate of drug-likeness (QED) is 0.610. The molecular weight excluding hydrogens is 290 g/mol. The third kappa shape index (κ3) is 1.89. The Bertz CT molecular complexity index is 677. The molecule has 0 N–H and O–H groups in total.